The molecule has 3 aromatic rings. The Bertz CT molecular complexity index is 842. The van der Waals surface area contributed by atoms with E-state index in [-0.39, 0.29) is 0 Å². The Hall–Kier alpha value is -2.87. The summed E-state index contributed by atoms with van der Waals surface area (Å²) in [5.41, 5.74) is 3.31. The number of carboxylic acids is 1. The average Bonchev–Trinajstić information content (AvgIpc) is 2.54. The molecule has 108 valence electrons. The standard InChI is InChI=1S/C20H16O2/c21-20(22)13-12-15-6-1-2-8-17(15)14-18-10-5-9-16-7-3-4-11-19(16)18/h1-13H,14H2,(H,21,22)/b13-12+. The van der Waals surface area contributed by atoms with Crippen molar-refractivity contribution in [2.24, 2.45) is 0 Å². The van der Waals surface area contributed by atoms with Crippen molar-refractivity contribution in [3.05, 3.63) is 89.5 Å². The molecule has 0 amide bonds. The van der Waals surface area contributed by atoms with E-state index in [1.54, 1.807) is 6.08 Å². The van der Waals surface area contributed by atoms with Gasteiger partial charge in [0, 0.05) is 6.08 Å². The second-order valence-corrected chi connectivity index (χ2v) is 5.19. The molecule has 0 bridgehead atoms. The number of carbonyl (C=O) groups is 1. The third kappa shape index (κ3) is 3.07. The third-order valence-electron chi connectivity index (χ3n) is 3.72. The number of rotatable bonds is 4. The summed E-state index contributed by atoms with van der Waals surface area (Å²) in [5.74, 6) is -0.931. The summed E-state index contributed by atoms with van der Waals surface area (Å²) < 4.78 is 0. The summed E-state index contributed by atoms with van der Waals surface area (Å²) in [7, 11) is 0. The zero-order valence-electron chi connectivity index (χ0n) is 12.1. The van der Waals surface area contributed by atoms with Crippen LogP contribution < -0.4 is 0 Å². The molecule has 0 aliphatic heterocycles. The van der Waals surface area contributed by atoms with Crippen LogP contribution in [-0.4, -0.2) is 11.1 Å². The fraction of sp³-hybridized carbons (Fsp3) is 0.0500. The van der Waals surface area contributed by atoms with Crippen LogP contribution in [0.2, 0.25) is 0 Å². The van der Waals surface area contributed by atoms with E-state index < -0.39 is 5.97 Å². The maximum Gasteiger partial charge on any atom is 0.328 e. The van der Waals surface area contributed by atoms with Crippen LogP contribution in [0.3, 0.4) is 0 Å². The van der Waals surface area contributed by atoms with E-state index in [0.717, 1.165) is 17.5 Å². The van der Waals surface area contributed by atoms with Gasteiger partial charge >= 0.3 is 5.97 Å². The second-order valence-electron chi connectivity index (χ2n) is 5.19. The predicted octanol–water partition coefficient (Wildman–Crippen LogP) is 4.53. The number of aliphatic carboxylic acids is 1. The number of benzene rings is 3. The van der Waals surface area contributed by atoms with Gasteiger partial charge in [-0.1, -0.05) is 66.7 Å². The van der Waals surface area contributed by atoms with Crippen molar-refractivity contribution in [1.29, 1.82) is 0 Å². The van der Waals surface area contributed by atoms with E-state index in [2.05, 4.69) is 30.3 Å². The van der Waals surface area contributed by atoms with Crippen molar-refractivity contribution in [3.63, 3.8) is 0 Å². The van der Waals surface area contributed by atoms with E-state index in [9.17, 15) is 4.79 Å². The van der Waals surface area contributed by atoms with Crippen LogP contribution in [0, 0.1) is 0 Å². The molecule has 22 heavy (non-hydrogen) atoms. The Kier molecular flexibility index (Phi) is 4.01. The summed E-state index contributed by atoms with van der Waals surface area (Å²) in [6.45, 7) is 0. The first-order chi connectivity index (χ1) is 10.7. The Balaban J connectivity index is 2.01. The quantitative estimate of drug-likeness (QED) is 0.716. The first-order valence-electron chi connectivity index (χ1n) is 7.19. The molecule has 0 heterocycles. The van der Waals surface area contributed by atoms with Crippen molar-refractivity contribution in [3.8, 4) is 0 Å². The van der Waals surface area contributed by atoms with Crippen LogP contribution in [0.15, 0.2) is 72.8 Å². The molecule has 0 atom stereocenters. The van der Waals surface area contributed by atoms with Gasteiger partial charge in [0.25, 0.3) is 0 Å². The molecule has 1 N–H and O–H groups in total. The maximum atomic E-state index is 10.7. The first-order valence-corrected chi connectivity index (χ1v) is 7.19. The molecule has 3 aromatic carbocycles. The normalized spacial score (nSPS) is 11.1. The van der Waals surface area contributed by atoms with Crippen LogP contribution in [0.25, 0.3) is 16.8 Å². The molecule has 0 aliphatic carbocycles. The Morgan fingerprint density at radius 1 is 0.864 bits per heavy atom. The van der Waals surface area contributed by atoms with E-state index in [1.165, 1.54) is 22.4 Å². The summed E-state index contributed by atoms with van der Waals surface area (Å²) >= 11 is 0. The lowest BCUT2D eigenvalue weighted by molar-refractivity contribution is -0.131. The van der Waals surface area contributed by atoms with E-state index >= 15 is 0 Å². The van der Waals surface area contributed by atoms with Gasteiger partial charge in [-0.15, -0.1) is 0 Å². The summed E-state index contributed by atoms with van der Waals surface area (Å²) in [5, 5.41) is 11.3. The Labute approximate surface area is 129 Å². The highest BCUT2D eigenvalue weighted by Gasteiger charge is 2.04. The van der Waals surface area contributed by atoms with Crippen molar-refractivity contribution in [2.75, 3.05) is 0 Å². The molecule has 0 unspecified atom stereocenters. The Morgan fingerprint density at radius 2 is 1.55 bits per heavy atom. The van der Waals surface area contributed by atoms with Crippen LogP contribution >= 0.6 is 0 Å². The minimum absolute atomic E-state index is 0.779. The minimum atomic E-state index is -0.931. The van der Waals surface area contributed by atoms with Gasteiger partial charge in [0.05, 0.1) is 0 Å². The average molecular weight is 288 g/mol. The van der Waals surface area contributed by atoms with Gasteiger partial charge in [-0.05, 0) is 40.0 Å². The van der Waals surface area contributed by atoms with Gasteiger partial charge < -0.3 is 5.11 Å². The van der Waals surface area contributed by atoms with Crippen molar-refractivity contribution in [1.82, 2.24) is 0 Å². The molecule has 0 fully saturated rings. The van der Waals surface area contributed by atoms with Crippen molar-refractivity contribution >= 4 is 22.8 Å². The van der Waals surface area contributed by atoms with Gasteiger partial charge in [-0.25, -0.2) is 4.79 Å². The zero-order chi connectivity index (χ0) is 15.4. The van der Waals surface area contributed by atoms with Crippen LogP contribution in [0.1, 0.15) is 16.7 Å². The van der Waals surface area contributed by atoms with Crippen molar-refractivity contribution in [2.45, 2.75) is 6.42 Å². The first kappa shape index (κ1) is 14.1. The smallest absolute Gasteiger partial charge is 0.328 e. The van der Waals surface area contributed by atoms with Gasteiger partial charge in [-0.3, -0.25) is 0 Å². The topological polar surface area (TPSA) is 37.3 Å². The lowest BCUT2D eigenvalue weighted by Crippen LogP contribution is -1.94. The molecule has 2 nitrogen and oxygen atoms in total. The minimum Gasteiger partial charge on any atom is -0.478 e. The van der Waals surface area contributed by atoms with E-state index in [4.69, 9.17) is 5.11 Å². The molecule has 2 heteroatoms. The number of hydrogen-bond acceptors (Lipinski definition) is 1. The van der Waals surface area contributed by atoms with Gasteiger partial charge in [0.15, 0.2) is 0 Å². The predicted molar refractivity (Wildman–Crippen MR) is 89.9 cm³/mol. The highest BCUT2D eigenvalue weighted by atomic mass is 16.4. The summed E-state index contributed by atoms with van der Waals surface area (Å²) in [6, 6.07) is 22.5. The van der Waals surface area contributed by atoms with E-state index in [0.29, 0.717) is 0 Å². The highest BCUT2D eigenvalue weighted by Crippen LogP contribution is 2.23. The fourth-order valence-electron chi connectivity index (χ4n) is 2.67. The molecule has 0 radical (unpaired) electrons. The molecule has 0 spiro atoms. The van der Waals surface area contributed by atoms with Gasteiger partial charge in [0.2, 0.25) is 0 Å². The lowest BCUT2D eigenvalue weighted by Gasteiger charge is -2.09. The molecule has 0 aliphatic rings. The molecule has 3 rings (SSSR count). The van der Waals surface area contributed by atoms with Crippen LogP contribution in [0.5, 0.6) is 0 Å². The third-order valence-corrected chi connectivity index (χ3v) is 3.72. The SMILES string of the molecule is O=C(O)/C=C/c1ccccc1Cc1cccc2ccccc12. The molecular weight excluding hydrogens is 272 g/mol. The Morgan fingerprint density at radius 3 is 2.41 bits per heavy atom. The fourth-order valence-corrected chi connectivity index (χ4v) is 2.67. The molecular formula is C20H16O2. The van der Waals surface area contributed by atoms with Gasteiger partial charge in [-0.2, -0.15) is 0 Å². The summed E-state index contributed by atoms with van der Waals surface area (Å²) in [4.78, 5) is 10.7. The molecule has 0 saturated heterocycles. The van der Waals surface area contributed by atoms with Crippen LogP contribution in [0.4, 0.5) is 0 Å². The largest absolute Gasteiger partial charge is 0.478 e. The maximum absolute atomic E-state index is 10.7. The second kappa shape index (κ2) is 6.27. The number of fused-ring (bicyclic) bond motifs is 1. The number of hydrogen-bond donors (Lipinski definition) is 1. The zero-order valence-corrected chi connectivity index (χ0v) is 12.1. The summed E-state index contributed by atoms with van der Waals surface area (Å²) in [6.07, 6.45) is 3.62. The van der Waals surface area contributed by atoms with Crippen molar-refractivity contribution < 1.29 is 9.90 Å². The highest BCUT2D eigenvalue weighted by molar-refractivity contribution is 5.87. The number of carboxylic acid groups (broad SMARTS) is 1. The van der Waals surface area contributed by atoms with Gasteiger partial charge in [0.1, 0.15) is 0 Å². The molecule has 0 saturated carbocycles. The molecule has 0 aromatic heterocycles. The van der Waals surface area contributed by atoms with Crippen LogP contribution in [-0.2, 0) is 11.2 Å². The monoisotopic (exact) mass is 288 g/mol. The lowest BCUT2D eigenvalue weighted by atomic mass is 9.95. The van der Waals surface area contributed by atoms with E-state index in [1.807, 2.05) is 36.4 Å².